The van der Waals surface area contributed by atoms with Gasteiger partial charge in [-0.05, 0) is 12.1 Å². The molecule has 1 saturated heterocycles. The molecule has 2 atom stereocenters. The SMILES string of the molecule is O=C1Nc2ccccc2C(=O)N2C[C@@H](O)C[C@H]12. The normalized spacial score (nSPS) is 27.2. The van der Waals surface area contributed by atoms with Gasteiger partial charge in [-0.1, -0.05) is 12.1 Å². The summed E-state index contributed by atoms with van der Waals surface area (Å²) in [5.74, 6) is -0.416. The van der Waals surface area contributed by atoms with E-state index in [1.165, 1.54) is 4.90 Å². The van der Waals surface area contributed by atoms with Crippen molar-refractivity contribution in [2.75, 3.05) is 11.9 Å². The zero-order valence-corrected chi connectivity index (χ0v) is 9.09. The standard InChI is InChI=1S/C12H12N2O3/c15-7-5-10-11(16)13-9-4-2-1-3-8(9)12(17)14(10)6-7/h1-4,7,10,15H,5-6H2,(H,13,16)/t7-,10+/m0/s1. The third-order valence-corrected chi connectivity index (χ3v) is 3.26. The first-order valence-corrected chi connectivity index (χ1v) is 5.56. The van der Waals surface area contributed by atoms with Crippen LogP contribution in [0.25, 0.3) is 0 Å². The highest BCUT2D eigenvalue weighted by Gasteiger charge is 2.41. The molecule has 0 saturated carbocycles. The van der Waals surface area contributed by atoms with E-state index in [4.69, 9.17) is 0 Å². The van der Waals surface area contributed by atoms with Crippen LogP contribution in [0.3, 0.4) is 0 Å². The minimum Gasteiger partial charge on any atom is -0.391 e. The maximum atomic E-state index is 12.2. The summed E-state index contributed by atoms with van der Waals surface area (Å²) in [6.45, 7) is 0.227. The van der Waals surface area contributed by atoms with E-state index in [0.717, 1.165) is 0 Å². The van der Waals surface area contributed by atoms with Crippen LogP contribution in [0.2, 0.25) is 0 Å². The molecule has 5 heteroatoms. The van der Waals surface area contributed by atoms with Crippen molar-refractivity contribution in [3.05, 3.63) is 29.8 Å². The van der Waals surface area contributed by atoms with E-state index < -0.39 is 12.1 Å². The fourth-order valence-corrected chi connectivity index (χ4v) is 2.44. The summed E-state index contributed by atoms with van der Waals surface area (Å²) in [6, 6.07) is 6.38. The number of fused-ring (bicyclic) bond motifs is 2. The molecule has 0 radical (unpaired) electrons. The molecule has 2 heterocycles. The van der Waals surface area contributed by atoms with Crippen molar-refractivity contribution in [1.82, 2.24) is 4.90 Å². The average Bonchev–Trinajstić information content (AvgIpc) is 2.67. The van der Waals surface area contributed by atoms with E-state index >= 15 is 0 Å². The van der Waals surface area contributed by atoms with Gasteiger partial charge in [-0.15, -0.1) is 0 Å². The van der Waals surface area contributed by atoms with Gasteiger partial charge in [0.1, 0.15) is 6.04 Å². The Morgan fingerprint density at radius 3 is 2.88 bits per heavy atom. The zero-order chi connectivity index (χ0) is 12.0. The lowest BCUT2D eigenvalue weighted by molar-refractivity contribution is -0.119. The van der Waals surface area contributed by atoms with Crippen LogP contribution in [0.4, 0.5) is 5.69 Å². The molecule has 0 aliphatic carbocycles. The van der Waals surface area contributed by atoms with E-state index in [1.54, 1.807) is 24.3 Å². The molecule has 3 rings (SSSR count). The van der Waals surface area contributed by atoms with Crippen molar-refractivity contribution in [1.29, 1.82) is 0 Å². The molecule has 0 aromatic heterocycles. The smallest absolute Gasteiger partial charge is 0.256 e. The number of anilines is 1. The van der Waals surface area contributed by atoms with Crippen molar-refractivity contribution in [2.45, 2.75) is 18.6 Å². The maximum absolute atomic E-state index is 12.2. The molecule has 1 aromatic rings. The number of aliphatic hydroxyl groups excluding tert-OH is 1. The number of carbonyl (C=O) groups is 2. The summed E-state index contributed by atoms with van der Waals surface area (Å²) in [5.41, 5.74) is 1.03. The molecule has 0 bridgehead atoms. The zero-order valence-electron chi connectivity index (χ0n) is 9.09. The number of nitrogens with zero attached hydrogens (tertiary/aromatic N) is 1. The summed E-state index contributed by atoms with van der Waals surface area (Å²) in [6.07, 6.45) is -0.300. The molecule has 1 fully saturated rings. The molecular weight excluding hydrogens is 220 g/mol. The van der Waals surface area contributed by atoms with E-state index in [2.05, 4.69) is 5.32 Å². The minimum absolute atomic E-state index is 0.194. The van der Waals surface area contributed by atoms with Crippen LogP contribution in [-0.2, 0) is 4.79 Å². The molecule has 2 N–H and O–H groups in total. The van der Waals surface area contributed by atoms with Gasteiger partial charge in [-0.2, -0.15) is 0 Å². The first kappa shape index (κ1) is 10.3. The Kier molecular flexibility index (Phi) is 2.16. The topological polar surface area (TPSA) is 69.6 Å². The van der Waals surface area contributed by atoms with Crippen molar-refractivity contribution < 1.29 is 14.7 Å². The second kappa shape index (κ2) is 3.56. The van der Waals surface area contributed by atoms with Gasteiger partial charge in [0, 0.05) is 13.0 Å². The second-order valence-corrected chi connectivity index (χ2v) is 4.40. The lowest BCUT2D eigenvalue weighted by Gasteiger charge is -2.19. The van der Waals surface area contributed by atoms with Gasteiger partial charge in [-0.25, -0.2) is 0 Å². The molecule has 17 heavy (non-hydrogen) atoms. The number of aliphatic hydroxyl groups is 1. The monoisotopic (exact) mass is 232 g/mol. The van der Waals surface area contributed by atoms with Gasteiger partial charge in [0.15, 0.2) is 0 Å². The molecule has 0 spiro atoms. The third-order valence-electron chi connectivity index (χ3n) is 3.26. The van der Waals surface area contributed by atoms with Crippen LogP contribution in [0.5, 0.6) is 0 Å². The van der Waals surface area contributed by atoms with Crippen LogP contribution in [-0.4, -0.2) is 40.5 Å². The molecule has 88 valence electrons. The van der Waals surface area contributed by atoms with Gasteiger partial charge < -0.3 is 15.3 Å². The van der Waals surface area contributed by atoms with E-state index in [1.807, 2.05) is 0 Å². The molecule has 2 aliphatic heterocycles. The Labute approximate surface area is 98.0 Å². The number of para-hydroxylation sites is 1. The van der Waals surface area contributed by atoms with Gasteiger partial charge in [-0.3, -0.25) is 9.59 Å². The van der Waals surface area contributed by atoms with Crippen LogP contribution in [0.15, 0.2) is 24.3 Å². The fourth-order valence-electron chi connectivity index (χ4n) is 2.44. The van der Waals surface area contributed by atoms with Crippen LogP contribution < -0.4 is 5.32 Å². The summed E-state index contributed by atoms with van der Waals surface area (Å²) in [7, 11) is 0. The minimum atomic E-state index is -0.611. The van der Waals surface area contributed by atoms with Crippen molar-refractivity contribution >= 4 is 17.5 Å². The number of hydrogen-bond acceptors (Lipinski definition) is 3. The number of amides is 2. The highest BCUT2D eigenvalue weighted by Crippen LogP contribution is 2.28. The van der Waals surface area contributed by atoms with Gasteiger partial charge in [0.25, 0.3) is 5.91 Å². The largest absolute Gasteiger partial charge is 0.391 e. The quantitative estimate of drug-likeness (QED) is 0.672. The predicted octanol–water partition coefficient (Wildman–Crippen LogP) is 0.214. The molecule has 5 nitrogen and oxygen atoms in total. The molecule has 0 unspecified atom stereocenters. The van der Waals surface area contributed by atoms with Crippen molar-refractivity contribution in [3.63, 3.8) is 0 Å². The van der Waals surface area contributed by atoms with Crippen LogP contribution in [0.1, 0.15) is 16.8 Å². The van der Waals surface area contributed by atoms with Crippen LogP contribution >= 0.6 is 0 Å². The lowest BCUT2D eigenvalue weighted by atomic mass is 10.1. The Morgan fingerprint density at radius 1 is 1.29 bits per heavy atom. The van der Waals surface area contributed by atoms with Gasteiger partial charge in [0.05, 0.1) is 17.4 Å². The highest BCUT2D eigenvalue weighted by atomic mass is 16.3. The predicted molar refractivity (Wildman–Crippen MR) is 60.5 cm³/mol. The van der Waals surface area contributed by atoms with Gasteiger partial charge >= 0.3 is 0 Å². The highest BCUT2D eigenvalue weighted by molar-refractivity contribution is 6.10. The third kappa shape index (κ3) is 1.51. The van der Waals surface area contributed by atoms with E-state index in [0.29, 0.717) is 17.7 Å². The number of benzene rings is 1. The first-order chi connectivity index (χ1) is 8.16. The summed E-state index contributed by atoms with van der Waals surface area (Å²) in [5, 5.41) is 12.3. The van der Waals surface area contributed by atoms with Crippen LogP contribution in [0, 0.1) is 0 Å². The first-order valence-electron chi connectivity index (χ1n) is 5.56. The molecule has 2 amide bonds. The van der Waals surface area contributed by atoms with Gasteiger partial charge in [0.2, 0.25) is 5.91 Å². The Hall–Kier alpha value is -1.88. The summed E-state index contributed by atoms with van der Waals surface area (Å²) < 4.78 is 0. The summed E-state index contributed by atoms with van der Waals surface area (Å²) >= 11 is 0. The number of rotatable bonds is 0. The van der Waals surface area contributed by atoms with E-state index in [9.17, 15) is 14.7 Å². The fraction of sp³-hybridized carbons (Fsp3) is 0.333. The molecule has 1 aromatic carbocycles. The second-order valence-electron chi connectivity index (χ2n) is 4.40. The Balaban J connectivity index is 2.08. The number of nitrogens with one attached hydrogen (secondary N) is 1. The van der Waals surface area contributed by atoms with Crippen molar-refractivity contribution in [2.24, 2.45) is 0 Å². The average molecular weight is 232 g/mol. The number of hydrogen-bond donors (Lipinski definition) is 2. The Bertz CT molecular complexity index is 500. The van der Waals surface area contributed by atoms with Crippen molar-refractivity contribution in [3.8, 4) is 0 Å². The molecular formula is C12H12N2O3. The number of carbonyl (C=O) groups excluding carboxylic acids is 2. The Morgan fingerprint density at radius 2 is 2.06 bits per heavy atom. The molecule has 2 aliphatic rings. The summed E-state index contributed by atoms with van der Waals surface area (Å²) in [4.78, 5) is 25.6. The lowest BCUT2D eigenvalue weighted by Crippen LogP contribution is -2.40. The van der Waals surface area contributed by atoms with E-state index in [-0.39, 0.29) is 18.4 Å². The maximum Gasteiger partial charge on any atom is 0.256 e.